The summed E-state index contributed by atoms with van der Waals surface area (Å²) in [5.74, 6) is 2.05. The zero-order valence-corrected chi connectivity index (χ0v) is 14.9. The Kier molecular flexibility index (Phi) is 5.70. The van der Waals surface area contributed by atoms with Crippen molar-refractivity contribution in [3.05, 3.63) is 22.8 Å². The van der Waals surface area contributed by atoms with E-state index in [1.165, 1.54) is 16.7 Å². The highest BCUT2D eigenvalue weighted by Gasteiger charge is 2.30. The summed E-state index contributed by atoms with van der Waals surface area (Å²) in [6, 6.07) is 2.74. The van der Waals surface area contributed by atoms with Crippen LogP contribution in [0.2, 0.25) is 0 Å². The second-order valence-corrected chi connectivity index (χ2v) is 6.30. The lowest BCUT2D eigenvalue weighted by Crippen LogP contribution is -2.40. The highest BCUT2D eigenvalue weighted by atomic mass is 16.5. The van der Waals surface area contributed by atoms with Crippen molar-refractivity contribution in [3.63, 3.8) is 0 Å². The van der Waals surface area contributed by atoms with E-state index in [0.29, 0.717) is 6.04 Å². The molecule has 0 aliphatic carbocycles. The lowest BCUT2D eigenvalue weighted by molar-refractivity contribution is 0.171. The highest BCUT2D eigenvalue weighted by molar-refractivity contribution is 5.55. The summed E-state index contributed by atoms with van der Waals surface area (Å²) in [4.78, 5) is 4.71. The molecule has 1 heterocycles. The number of fused-ring (bicyclic) bond motifs is 1. The van der Waals surface area contributed by atoms with Gasteiger partial charge in [0.2, 0.25) is 0 Å². The normalized spacial score (nSPS) is 18.4. The molecule has 1 atom stereocenters. The van der Waals surface area contributed by atoms with Gasteiger partial charge in [-0.05, 0) is 39.5 Å². The van der Waals surface area contributed by atoms with Gasteiger partial charge in [-0.3, -0.25) is 4.90 Å². The summed E-state index contributed by atoms with van der Waals surface area (Å²) in [6.45, 7) is 7.39. The van der Waals surface area contributed by atoms with Gasteiger partial charge in [-0.25, -0.2) is 0 Å². The molecule has 124 valence electrons. The lowest BCUT2D eigenvalue weighted by Gasteiger charge is -2.37. The fraction of sp³-hybridized carbons (Fsp3) is 0.667. The number of hydrogen-bond acceptors (Lipinski definition) is 4. The van der Waals surface area contributed by atoms with Crippen LogP contribution in [0.15, 0.2) is 6.07 Å². The number of methoxy groups -OCH3 is 2. The Morgan fingerprint density at radius 3 is 2.41 bits per heavy atom. The van der Waals surface area contributed by atoms with Crippen LogP contribution in [0.1, 0.15) is 37.0 Å². The van der Waals surface area contributed by atoms with Gasteiger partial charge in [-0.1, -0.05) is 13.8 Å². The Labute approximate surface area is 135 Å². The molecule has 1 aliphatic heterocycles. The number of hydrogen-bond donors (Lipinski definition) is 0. The van der Waals surface area contributed by atoms with E-state index in [4.69, 9.17) is 9.47 Å². The molecule has 0 saturated carbocycles. The van der Waals surface area contributed by atoms with E-state index in [0.717, 1.165) is 44.0 Å². The maximum atomic E-state index is 5.81. The van der Waals surface area contributed by atoms with Crippen molar-refractivity contribution in [1.82, 2.24) is 9.80 Å². The third-order valence-electron chi connectivity index (χ3n) is 4.64. The second kappa shape index (κ2) is 7.34. The average Bonchev–Trinajstić information content (AvgIpc) is 2.52. The van der Waals surface area contributed by atoms with Crippen molar-refractivity contribution >= 4 is 0 Å². The smallest absolute Gasteiger partial charge is 0.127 e. The van der Waals surface area contributed by atoms with Gasteiger partial charge in [0.05, 0.1) is 14.2 Å². The maximum Gasteiger partial charge on any atom is 0.127 e. The van der Waals surface area contributed by atoms with Gasteiger partial charge >= 0.3 is 0 Å². The van der Waals surface area contributed by atoms with Crippen molar-refractivity contribution in [3.8, 4) is 11.5 Å². The number of likely N-dealkylation sites (N-methyl/N-ethyl adjacent to an activating group) is 1. The van der Waals surface area contributed by atoms with E-state index in [1.807, 2.05) is 0 Å². The third kappa shape index (κ3) is 3.23. The van der Waals surface area contributed by atoms with Crippen LogP contribution in [0.4, 0.5) is 0 Å². The summed E-state index contributed by atoms with van der Waals surface area (Å²) in [5.41, 5.74) is 3.85. The maximum absolute atomic E-state index is 5.81. The summed E-state index contributed by atoms with van der Waals surface area (Å²) in [6.07, 6.45) is 2.21. The van der Waals surface area contributed by atoms with E-state index in [9.17, 15) is 0 Å². The van der Waals surface area contributed by atoms with Crippen LogP contribution < -0.4 is 9.47 Å². The van der Waals surface area contributed by atoms with Crippen LogP contribution in [-0.2, 0) is 19.5 Å². The van der Waals surface area contributed by atoms with E-state index >= 15 is 0 Å². The van der Waals surface area contributed by atoms with Crippen LogP contribution in [0.5, 0.6) is 11.5 Å². The highest BCUT2D eigenvalue weighted by Crippen LogP contribution is 2.40. The van der Waals surface area contributed by atoms with E-state index in [1.54, 1.807) is 14.2 Å². The van der Waals surface area contributed by atoms with Gasteiger partial charge < -0.3 is 14.4 Å². The largest absolute Gasteiger partial charge is 0.496 e. The van der Waals surface area contributed by atoms with Crippen molar-refractivity contribution in [2.45, 2.75) is 45.8 Å². The van der Waals surface area contributed by atoms with Gasteiger partial charge in [-0.15, -0.1) is 0 Å². The molecule has 0 amide bonds. The fourth-order valence-electron chi connectivity index (χ4n) is 3.54. The first-order valence-electron chi connectivity index (χ1n) is 8.19. The van der Waals surface area contributed by atoms with Crippen molar-refractivity contribution in [2.24, 2.45) is 0 Å². The lowest BCUT2D eigenvalue weighted by atomic mass is 9.89. The number of ether oxygens (including phenoxy) is 2. The molecule has 22 heavy (non-hydrogen) atoms. The molecule has 1 aliphatic rings. The van der Waals surface area contributed by atoms with Crippen LogP contribution >= 0.6 is 0 Å². The quantitative estimate of drug-likeness (QED) is 0.807. The van der Waals surface area contributed by atoms with Crippen LogP contribution in [0.3, 0.4) is 0 Å². The minimum Gasteiger partial charge on any atom is -0.496 e. The van der Waals surface area contributed by atoms with Crippen LogP contribution in [-0.4, -0.2) is 50.7 Å². The summed E-state index contributed by atoms with van der Waals surface area (Å²) in [7, 11) is 7.72. The first-order chi connectivity index (χ1) is 10.5. The first kappa shape index (κ1) is 17.1. The molecule has 0 aromatic heterocycles. The van der Waals surface area contributed by atoms with E-state index < -0.39 is 0 Å². The van der Waals surface area contributed by atoms with Crippen molar-refractivity contribution in [1.29, 1.82) is 0 Å². The monoisotopic (exact) mass is 306 g/mol. The molecule has 0 bridgehead atoms. The molecule has 1 aromatic rings. The molecule has 0 fully saturated rings. The minimum atomic E-state index is 0.589. The molecule has 1 aromatic carbocycles. The molecule has 0 N–H and O–H groups in total. The number of rotatable bonds is 6. The zero-order chi connectivity index (χ0) is 16.3. The van der Waals surface area contributed by atoms with Crippen molar-refractivity contribution < 1.29 is 9.47 Å². The third-order valence-corrected chi connectivity index (χ3v) is 4.64. The van der Waals surface area contributed by atoms with Gasteiger partial charge in [0.15, 0.2) is 0 Å². The fourth-order valence-corrected chi connectivity index (χ4v) is 3.54. The average molecular weight is 306 g/mol. The predicted octanol–water partition coefficient (Wildman–Crippen LogP) is 2.92. The SMILES string of the molecule is CCC1Cc2c(c(OC)cc(CN(C)C)c2OC)CN1CC. The molecule has 4 heteroatoms. The number of nitrogens with zero attached hydrogens (tertiary/aromatic N) is 2. The number of benzene rings is 1. The molecule has 1 unspecified atom stereocenters. The minimum absolute atomic E-state index is 0.589. The zero-order valence-electron chi connectivity index (χ0n) is 14.9. The summed E-state index contributed by atoms with van der Waals surface area (Å²) in [5, 5.41) is 0. The van der Waals surface area contributed by atoms with Gasteiger partial charge in [-0.2, -0.15) is 0 Å². The van der Waals surface area contributed by atoms with Gasteiger partial charge in [0.1, 0.15) is 11.5 Å². The van der Waals surface area contributed by atoms with Gasteiger partial charge in [0.25, 0.3) is 0 Å². The first-order valence-corrected chi connectivity index (χ1v) is 8.19. The molecule has 2 rings (SSSR count). The Morgan fingerprint density at radius 1 is 1.18 bits per heavy atom. The molecule has 0 radical (unpaired) electrons. The Hall–Kier alpha value is -1.26. The van der Waals surface area contributed by atoms with Crippen LogP contribution in [0.25, 0.3) is 0 Å². The molecule has 0 saturated heterocycles. The van der Waals surface area contributed by atoms with Gasteiger partial charge in [0, 0.05) is 35.8 Å². The standard InChI is InChI=1S/C18H30N2O2/c1-7-14-10-15-16(12-20(14)8-2)17(21-5)9-13(11-19(3)4)18(15)22-6/h9,14H,7-8,10-12H2,1-6H3. The molecular formula is C18H30N2O2. The Morgan fingerprint density at radius 2 is 1.91 bits per heavy atom. The topological polar surface area (TPSA) is 24.9 Å². The Balaban J connectivity index is 2.54. The molecular weight excluding hydrogens is 276 g/mol. The Bertz CT molecular complexity index is 514. The predicted molar refractivity (Wildman–Crippen MR) is 90.8 cm³/mol. The molecule has 0 spiro atoms. The summed E-state index contributed by atoms with van der Waals surface area (Å²) >= 11 is 0. The van der Waals surface area contributed by atoms with Crippen molar-refractivity contribution in [2.75, 3.05) is 34.9 Å². The second-order valence-electron chi connectivity index (χ2n) is 6.30. The van der Waals surface area contributed by atoms with E-state index in [-0.39, 0.29) is 0 Å². The summed E-state index contributed by atoms with van der Waals surface area (Å²) < 4.78 is 11.5. The van der Waals surface area contributed by atoms with Crippen LogP contribution in [0, 0.1) is 0 Å². The van der Waals surface area contributed by atoms with E-state index in [2.05, 4.69) is 43.8 Å². The molecule has 4 nitrogen and oxygen atoms in total.